The molecule has 2 N–H and O–H groups in total. The van der Waals surface area contributed by atoms with Crippen LogP contribution in [0.1, 0.15) is 15.9 Å². The molecule has 0 bridgehead atoms. The Morgan fingerprint density at radius 3 is 2.45 bits per heavy atom. The summed E-state index contributed by atoms with van der Waals surface area (Å²) in [4.78, 5) is 38.2. The van der Waals surface area contributed by atoms with Crippen molar-refractivity contribution in [2.75, 3.05) is 5.32 Å². The number of hydrogen-bond donors (Lipinski definition) is 2. The van der Waals surface area contributed by atoms with Gasteiger partial charge in [-0.25, -0.2) is 9.78 Å². The standard InChI is InChI=1S/C20H12ClF3N4O5/c21-11-5-8-17(25-10-11)33-16-7-6-12(9-14(16)20(22,23)24)26-19(30)27-18(29)13-3-1-2-4-15(13)28(31)32/h1-10H,(H2,26,27,29,30). The van der Waals surface area contributed by atoms with Gasteiger partial charge < -0.3 is 10.1 Å². The number of nitrogens with zero attached hydrogens (tertiary/aromatic N) is 2. The number of anilines is 1. The van der Waals surface area contributed by atoms with Crippen molar-refractivity contribution in [3.63, 3.8) is 0 Å². The molecule has 1 aromatic heterocycles. The maximum Gasteiger partial charge on any atom is 0.420 e. The lowest BCUT2D eigenvalue weighted by molar-refractivity contribution is -0.385. The predicted molar refractivity (Wildman–Crippen MR) is 110 cm³/mol. The van der Waals surface area contributed by atoms with Crippen molar-refractivity contribution in [2.45, 2.75) is 6.18 Å². The molecule has 0 aliphatic rings. The second-order valence-corrected chi connectivity index (χ2v) is 6.74. The Morgan fingerprint density at radius 1 is 1.09 bits per heavy atom. The number of pyridine rings is 1. The lowest BCUT2D eigenvalue weighted by Gasteiger charge is -2.15. The minimum Gasteiger partial charge on any atom is -0.438 e. The van der Waals surface area contributed by atoms with Crippen LogP contribution < -0.4 is 15.4 Å². The van der Waals surface area contributed by atoms with Crippen LogP contribution in [-0.2, 0) is 6.18 Å². The minimum atomic E-state index is -4.85. The number of carbonyl (C=O) groups is 2. The van der Waals surface area contributed by atoms with Gasteiger partial charge in [0.1, 0.15) is 16.9 Å². The highest BCUT2D eigenvalue weighted by atomic mass is 35.5. The fourth-order valence-electron chi connectivity index (χ4n) is 2.61. The lowest BCUT2D eigenvalue weighted by atomic mass is 10.1. The van der Waals surface area contributed by atoms with E-state index in [1.54, 1.807) is 0 Å². The number of carbonyl (C=O) groups excluding carboxylic acids is 2. The number of ether oxygens (including phenoxy) is 1. The zero-order valence-corrected chi connectivity index (χ0v) is 17.0. The van der Waals surface area contributed by atoms with Crippen LogP contribution >= 0.6 is 11.6 Å². The van der Waals surface area contributed by atoms with Gasteiger partial charge in [0.2, 0.25) is 5.88 Å². The Kier molecular flexibility index (Phi) is 6.78. The van der Waals surface area contributed by atoms with E-state index < -0.39 is 45.6 Å². The molecule has 0 fully saturated rings. The van der Waals surface area contributed by atoms with Gasteiger partial charge in [-0.1, -0.05) is 23.7 Å². The average molecular weight is 481 g/mol. The summed E-state index contributed by atoms with van der Waals surface area (Å²) in [5, 5.41) is 15.2. The molecule has 1 heterocycles. The topological polar surface area (TPSA) is 123 Å². The molecule has 170 valence electrons. The third-order valence-electron chi connectivity index (χ3n) is 4.03. The number of hydrogen-bond acceptors (Lipinski definition) is 6. The molecule has 13 heteroatoms. The maximum absolute atomic E-state index is 13.5. The number of nitro groups is 1. The van der Waals surface area contributed by atoms with Crippen molar-refractivity contribution in [2.24, 2.45) is 0 Å². The Labute approximate surface area is 188 Å². The summed E-state index contributed by atoms with van der Waals surface area (Å²) < 4.78 is 45.7. The highest BCUT2D eigenvalue weighted by Crippen LogP contribution is 2.39. The summed E-state index contributed by atoms with van der Waals surface area (Å²) in [5.74, 6) is -1.83. The Bertz CT molecular complexity index is 1220. The SMILES string of the molecule is O=C(NC(=O)c1ccccc1[N+](=O)[O-])Nc1ccc(Oc2ccc(Cl)cn2)c(C(F)(F)F)c1. The molecule has 0 radical (unpaired) electrons. The smallest absolute Gasteiger partial charge is 0.420 e. The van der Waals surface area contributed by atoms with Crippen LogP contribution in [0.5, 0.6) is 11.6 Å². The van der Waals surface area contributed by atoms with Gasteiger partial charge in [0.25, 0.3) is 11.6 Å². The quantitative estimate of drug-likeness (QED) is 0.371. The zero-order valence-electron chi connectivity index (χ0n) is 16.2. The van der Waals surface area contributed by atoms with Gasteiger partial charge in [-0.2, -0.15) is 13.2 Å². The van der Waals surface area contributed by atoms with E-state index in [1.807, 2.05) is 5.32 Å². The first-order valence-electron chi connectivity index (χ1n) is 8.91. The van der Waals surface area contributed by atoms with Crippen LogP contribution in [0.4, 0.5) is 29.3 Å². The molecule has 0 saturated carbocycles. The molecule has 0 atom stereocenters. The summed E-state index contributed by atoms with van der Waals surface area (Å²) in [6.45, 7) is 0. The van der Waals surface area contributed by atoms with E-state index in [0.29, 0.717) is 6.07 Å². The van der Waals surface area contributed by atoms with Crippen molar-refractivity contribution in [1.82, 2.24) is 10.3 Å². The average Bonchev–Trinajstić information content (AvgIpc) is 2.75. The van der Waals surface area contributed by atoms with Gasteiger partial charge in [-0.15, -0.1) is 0 Å². The molecular formula is C20H12ClF3N4O5. The van der Waals surface area contributed by atoms with Crippen molar-refractivity contribution >= 4 is 34.9 Å². The van der Waals surface area contributed by atoms with Gasteiger partial charge in [0, 0.05) is 24.0 Å². The van der Waals surface area contributed by atoms with Crippen LogP contribution in [0.2, 0.25) is 5.02 Å². The number of halogens is 4. The number of aromatic nitrogens is 1. The van der Waals surface area contributed by atoms with Gasteiger partial charge in [0.05, 0.1) is 9.95 Å². The molecule has 0 aliphatic carbocycles. The third kappa shape index (κ3) is 5.95. The number of urea groups is 1. The Hall–Kier alpha value is -4.19. The Balaban J connectivity index is 1.78. The number of rotatable bonds is 5. The molecule has 2 aromatic carbocycles. The first kappa shape index (κ1) is 23.5. The molecule has 0 aliphatic heterocycles. The predicted octanol–water partition coefficient (Wildman–Crippen LogP) is 5.42. The number of para-hydroxylation sites is 1. The zero-order chi connectivity index (χ0) is 24.2. The van der Waals surface area contributed by atoms with Gasteiger partial charge in [-0.3, -0.25) is 20.2 Å². The normalized spacial score (nSPS) is 10.9. The lowest BCUT2D eigenvalue weighted by Crippen LogP contribution is -2.34. The molecule has 33 heavy (non-hydrogen) atoms. The highest BCUT2D eigenvalue weighted by molar-refractivity contribution is 6.30. The fraction of sp³-hybridized carbons (Fsp3) is 0.0500. The first-order chi connectivity index (χ1) is 15.5. The molecule has 3 rings (SSSR count). The van der Waals surface area contributed by atoms with Crippen molar-refractivity contribution in [3.8, 4) is 11.6 Å². The van der Waals surface area contributed by atoms with Crippen LogP contribution in [0.25, 0.3) is 0 Å². The summed E-state index contributed by atoms with van der Waals surface area (Å²) in [5.41, 5.74) is -2.47. The minimum absolute atomic E-state index is 0.140. The number of amides is 3. The van der Waals surface area contributed by atoms with Crippen molar-refractivity contribution in [3.05, 3.63) is 87.1 Å². The number of benzene rings is 2. The maximum atomic E-state index is 13.5. The molecule has 0 unspecified atom stereocenters. The molecule has 3 aromatic rings. The van der Waals surface area contributed by atoms with Crippen LogP contribution in [-0.4, -0.2) is 21.8 Å². The molecule has 9 nitrogen and oxygen atoms in total. The summed E-state index contributed by atoms with van der Waals surface area (Å²) in [6, 6.07) is 8.99. The fourth-order valence-corrected chi connectivity index (χ4v) is 2.72. The van der Waals surface area contributed by atoms with Crippen LogP contribution in [0, 0.1) is 10.1 Å². The van der Waals surface area contributed by atoms with E-state index >= 15 is 0 Å². The van der Waals surface area contributed by atoms with Crippen LogP contribution in [0.3, 0.4) is 0 Å². The number of imide groups is 1. The van der Waals surface area contributed by atoms with Gasteiger partial charge in [0.15, 0.2) is 0 Å². The second-order valence-electron chi connectivity index (χ2n) is 6.31. The largest absolute Gasteiger partial charge is 0.438 e. The molecule has 0 saturated heterocycles. The first-order valence-corrected chi connectivity index (χ1v) is 9.29. The highest BCUT2D eigenvalue weighted by Gasteiger charge is 2.35. The van der Waals surface area contributed by atoms with E-state index in [0.717, 1.165) is 24.3 Å². The van der Waals surface area contributed by atoms with E-state index in [9.17, 15) is 32.9 Å². The van der Waals surface area contributed by atoms with E-state index in [4.69, 9.17) is 16.3 Å². The van der Waals surface area contributed by atoms with E-state index in [1.165, 1.54) is 30.5 Å². The Morgan fingerprint density at radius 2 is 1.82 bits per heavy atom. The molecule has 0 spiro atoms. The third-order valence-corrected chi connectivity index (χ3v) is 4.25. The van der Waals surface area contributed by atoms with Gasteiger partial charge >= 0.3 is 12.2 Å². The summed E-state index contributed by atoms with van der Waals surface area (Å²) in [6.07, 6.45) is -3.66. The molecule has 3 amide bonds. The number of alkyl halides is 3. The monoisotopic (exact) mass is 480 g/mol. The summed E-state index contributed by atoms with van der Waals surface area (Å²) in [7, 11) is 0. The number of nitro benzene ring substituents is 1. The molecular weight excluding hydrogens is 469 g/mol. The number of nitrogens with one attached hydrogen (secondary N) is 2. The van der Waals surface area contributed by atoms with E-state index in [-0.39, 0.29) is 16.6 Å². The second kappa shape index (κ2) is 9.53. The van der Waals surface area contributed by atoms with Gasteiger partial charge in [-0.05, 0) is 30.3 Å². The van der Waals surface area contributed by atoms with Crippen molar-refractivity contribution in [1.29, 1.82) is 0 Å². The van der Waals surface area contributed by atoms with Crippen molar-refractivity contribution < 1.29 is 32.4 Å². The summed E-state index contributed by atoms with van der Waals surface area (Å²) >= 11 is 5.69. The van der Waals surface area contributed by atoms with Crippen LogP contribution in [0.15, 0.2) is 60.8 Å². The van der Waals surface area contributed by atoms with E-state index in [2.05, 4.69) is 10.3 Å².